The average Bonchev–Trinajstić information content (AvgIpc) is 3.65. The van der Waals surface area contributed by atoms with Crippen LogP contribution in [0.3, 0.4) is 0 Å². The number of anilines is 1. The summed E-state index contributed by atoms with van der Waals surface area (Å²) in [4.78, 5) is 19.4. The van der Waals surface area contributed by atoms with E-state index in [1.807, 2.05) is 30.5 Å². The van der Waals surface area contributed by atoms with Gasteiger partial charge in [-0.15, -0.1) is 0 Å². The van der Waals surface area contributed by atoms with Crippen LogP contribution in [0.1, 0.15) is 47.8 Å². The van der Waals surface area contributed by atoms with Crippen molar-refractivity contribution in [3.8, 4) is 22.4 Å². The van der Waals surface area contributed by atoms with E-state index in [0.717, 1.165) is 31.5 Å². The number of aromatic amines is 1. The molecule has 0 aliphatic carbocycles. The molecule has 13 heteroatoms. The van der Waals surface area contributed by atoms with Crippen LogP contribution in [-0.2, 0) is 23.1 Å². The summed E-state index contributed by atoms with van der Waals surface area (Å²) < 4.78 is 56.5. The highest BCUT2D eigenvalue weighted by Gasteiger charge is 2.32. The Labute approximate surface area is 259 Å². The number of H-pyrrole nitrogens is 1. The fourth-order valence-corrected chi connectivity index (χ4v) is 6.56. The second-order valence-electron chi connectivity index (χ2n) is 11.6. The molecule has 0 spiro atoms. The summed E-state index contributed by atoms with van der Waals surface area (Å²) in [6.45, 7) is 2.82. The molecule has 1 atom stereocenters. The summed E-state index contributed by atoms with van der Waals surface area (Å²) >= 11 is 0. The highest BCUT2D eigenvalue weighted by molar-refractivity contribution is 7.88. The lowest BCUT2D eigenvalue weighted by Gasteiger charge is -2.26. The predicted molar refractivity (Wildman–Crippen MR) is 168 cm³/mol. The molecule has 1 fully saturated rings. The predicted octanol–water partition coefficient (Wildman–Crippen LogP) is 5.02. The van der Waals surface area contributed by atoms with Gasteiger partial charge < -0.3 is 10.4 Å². The standard InChI is InChI=1S/C32H32F2N8O2S/c1-45(43,44)37-15-19-10-21(13-23(33)12-19)24-6-5-7-25-30(24)39-32(38-25)31-27-26(40-41-31)17-36-29(28(27)34)22-11-20(14-35-16-22)18-42-8-3-2-4-9-42/h5-7,10-14,16-17,31,37,40-41H,2-4,8-9,15,18H2,1H3,(H,38,39). The molecule has 232 valence electrons. The lowest BCUT2D eigenvalue weighted by atomic mass is 10.0. The molecule has 0 bridgehead atoms. The maximum atomic E-state index is 16.3. The van der Waals surface area contributed by atoms with Gasteiger partial charge in [-0.2, -0.15) is 0 Å². The number of nitrogens with zero attached hydrogens (tertiary/aromatic N) is 4. The van der Waals surface area contributed by atoms with Crippen molar-refractivity contribution in [2.45, 2.75) is 38.4 Å². The number of nitrogens with one attached hydrogen (secondary N) is 4. The molecular formula is C32H32F2N8O2S. The molecule has 0 saturated carbocycles. The Morgan fingerprint density at radius 3 is 2.64 bits per heavy atom. The summed E-state index contributed by atoms with van der Waals surface area (Å²) in [5.41, 5.74) is 11.8. The molecule has 5 heterocycles. The number of fused-ring (bicyclic) bond motifs is 2. The van der Waals surface area contributed by atoms with Gasteiger partial charge in [0.2, 0.25) is 10.0 Å². The lowest BCUT2D eigenvalue weighted by molar-refractivity contribution is 0.220. The zero-order valence-corrected chi connectivity index (χ0v) is 25.4. The third-order valence-electron chi connectivity index (χ3n) is 8.23. The van der Waals surface area contributed by atoms with Crippen molar-refractivity contribution in [1.29, 1.82) is 0 Å². The van der Waals surface area contributed by atoms with Gasteiger partial charge in [-0.25, -0.2) is 32.3 Å². The van der Waals surface area contributed by atoms with E-state index in [-0.39, 0.29) is 12.2 Å². The third-order valence-corrected chi connectivity index (χ3v) is 8.90. The van der Waals surface area contributed by atoms with Gasteiger partial charge in [0, 0.05) is 42.2 Å². The van der Waals surface area contributed by atoms with Crippen LogP contribution in [-0.4, -0.2) is 52.6 Å². The van der Waals surface area contributed by atoms with Crippen molar-refractivity contribution in [1.82, 2.24) is 35.0 Å². The number of imidazole rings is 1. The Kier molecular flexibility index (Phi) is 7.78. The van der Waals surface area contributed by atoms with Crippen molar-refractivity contribution in [2.24, 2.45) is 0 Å². The number of piperidine rings is 1. The molecule has 10 nitrogen and oxygen atoms in total. The second kappa shape index (κ2) is 11.9. The quantitative estimate of drug-likeness (QED) is 0.188. The minimum Gasteiger partial charge on any atom is -0.340 e. The highest BCUT2D eigenvalue weighted by atomic mass is 32.2. The Hall–Kier alpha value is -4.30. The Bertz CT molecular complexity index is 2010. The summed E-state index contributed by atoms with van der Waals surface area (Å²) in [6.07, 6.45) is 9.74. The van der Waals surface area contributed by atoms with Gasteiger partial charge in [-0.05, 0) is 73.0 Å². The monoisotopic (exact) mass is 630 g/mol. The van der Waals surface area contributed by atoms with E-state index in [0.29, 0.717) is 50.4 Å². The summed E-state index contributed by atoms with van der Waals surface area (Å²) in [5.74, 6) is -0.509. The fraction of sp³-hybridized carbons (Fsp3) is 0.281. The van der Waals surface area contributed by atoms with Gasteiger partial charge in [0.25, 0.3) is 0 Å². The molecular weight excluding hydrogens is 598 g/mol. The number of benzene rings is 2. The molecule has 7 rings (SSSR count). The first-order valence-electron chi connectivity index (χ1n) is 14.8. The first kappa shape index (κ1) is 29.4. The SMILES string of the molecule is CS(=O)(=O)NCc1cc(F)cc(-c2cccc3[nH]c(C4NNc5cnc(-c6cncc(CN7CCCCC7)c6)c(F)c54)nc23)c1. The normalized spacial score (nSPS) is 17.0. The highest BCUT2D eigenvalue weighted by Crippen LogP contribution is 2.39. The number of aromatic nitrogens is 4. The van der Waals surface area contributed by atoms with Crippen molar-refractivity contribution < 1.29 is 17.2 Å². The molecule has 45 heavy (non-hydrogen) atoms. The van der Waals surface area contributed by atoms with Gasteiger partial charge in [0.05, 0.1) is 29.2 Å². The third kappa shape index (κ3) is 6.16. The van der Waals surface area contributed by atoms with Crippen molar-refractivity contribution >= 4 is 26.7 Å². The molecule has 0 amide bonds. The molecule has 2 aliphatic rings. The topological polar surface area (TPSA) is 128 Å². The van der Waals surface area contributed by atoms with Crippen LogP contribution in [0.2, 0.25) is 0 Å². The van der Waals surface area contributed by atoms with Crippen LogP contribution in [0.5, 0.6) is 0 Å². The lowest BCUT2D eigenvalue weighted by Crippen LogP contribution is -2.29. The number of rotatable bonds is 8. The number of hydrogen-bond acceptors (Lipinski definition) is 8. The number of sulfonamides is 1. The zero-order chi connectivity index (χ0) is 31.1. The van der Waals surface area contributed by atoms with Crippen molar-refractivity contribution in [3.05, 3.63) is 95.2 Å². The Morgan fingerprint density at radius 2 is 1.82 bits per heavy atom. The molecule has 3 aromatic heterocycles. The van der Waals surface area contributed by atoms with Crippen LogP contribution in [0.4, 0.5) is 14.5 Å². The van der Waals surface area contributed by atoms with Crippen LogP contribution in [0, 0.1) is 11.6 Å². The van der Waals surface area contributed by atoms with Crippen molar-refractivity contribution in [3.63, 3.8) is 0 Å². The van der Waals surface area contributed by atoms with Gasteiger partial charge in [-0.3, -0.25) is 14.9 Å². The second-order valence-corrected chi connectivity index (χ2v) is 13.5. The molecule has 1 unspecified atom stereocenters. The maximum Gasteiger partial charge on any atom is 0.209 e. The minimum atomic E-state index is -3.45. The van der Waals surface area contributed by atoms with Gasteiger partial charge in [-0.1, -0.05) is 18.6 Å². The molecule has 1 saturated heterocycles. The molecule has 4 N–H and O–H groups in total. The van der Waals surface area contributed by atoms with E-state index in [1.54, 1.807) is 18.5 Å². The largest absolute Gasteiger partial charge is 0.340 e. The summed E-state index contributed by atoms with van der Waals surface area (Å²) in [6, 6.07) is 11.2. The first-order valence-corrected chi connectivity index (χ1v) is 16.7. The fourth-order valence-electron chi connectivity index (χ4n) is 6.13. The molecule has 2 aromatic carbocycles. The summed E-state index contributed by atoms with van der Waals surface area (Å²) in [7, 11) is -3.45. The minimum absolute atomic E-state index is 0.0494. The average molecular weight is 631 g/mol. The van der Waals surface area contributed by atoms with E-state index < -0.39 is 27.7 Å². The van der Waals surface area contributed by atoms with Crippen LogP contribution < -0.4 is 15.6 Å². The Morgan fingerprint density at radius 1 is 1.00 bits per heavy atom. The van der Waals surface area contributed by atoms with Crippen LogP contribution >= 0.6 is 0 Å². The Balaban J connectivity index is 1.21. The maximum absolute atomic E-state index is 16.3. The number of hydrazine groups is 1. The number of hydrogen-bond donors (Lipinski definition) is 4. The van der Waals surface area contributed by atoms with Gasteiger partial charge in [0.1, 0.15) is 23.4 Å². The number of halogens is 2. The van der Waals surface area contributed by atoms with Gasteiger partial charge >= 0.3 is 0 Å². The van der Waals surface area contributed by atoms with E-state index >= 15 is 4.39 Å². The number of para-hydroxylation sites is 1. The molecule has 0 radical (unpaired) electrons. The molecule has 2 aliphatic heterocycles. The smallest absolute Gasteiger partial charge is 0.209 e. The number of likely N-dealkylation sites (tertiary alicyclic amines) is 1. The van der Waals surface area contributed by atoms with Crippen LogP contribution in [0.25, 0.3) is 33.4 Å². The molecule has 5 aromatic rings. The van der Waals surface area contributed by atoms with Crippen LogP contribution in [0.15, 0.2) is 61.1 Å². The van der Waals surface area contributed by atoms with Gasteiger partial charge in [0.15, 0.2) is 5.82 Å². The number of pyridine rings is 2. The summed E-state index contributed by atoms with van der Waals surface area (Å²) in [5, 5.41) is 0. The van der Waals surface area contributed by atoms with E-state index in [2.05, 4.69) is 35.4 Å². The zero-order valence-electron chi connectivity index (χ0n) is 24.6. The van der Waals surface area contributed by atoms with E-state index in [1.165, 1.54) is 31.4 Å². The van der Waals surface area contributed by atoms with Crippen molar-refractivity contribution in [2.75, 3.05) is 24.8 Å². The van der Waals surface area contributed by atoms with E-state index in [4.69, 9.17) is 4.98 Å². The van der Waals surface area contributed by atoms with E-state index in [9.17, 15) is 12.8 Å². The first-order chi connectivity index (χ1) is 21.7.